The minimum atomic E-state index is -1.25. The van der Waals surface area contributed by atoms with Crippen LogP contribution in [0.15, 0.2) is 0 Å². The van der Waals surface area contributed by atoms with E-state index in [1.165, 1.54) is 7.05 Å². The first-order valence-electron chi connectivity index (χ1n) is 1.16. The number of rotatable bonds is 0. The molecule has 0 aromatic carbocycles. The molecular formula is C2H4LiNO2. The van der Waals surface area contributed by atoms with Crippen molar-refractivity contribution in [1.82, 2.24) is 5.32 Å². The van der Waals surface area contributed by atoms with Gasteiger partial charge in [0.2, 0.25) is 0 Å². The van der Waals surface area contributed by atoms with E-state index in [0.29, 0.717) is 0 Å². The van der Waals surface area contributed by atoms with Crippen LogP contribution in [0, 0.1) is 0 Å². The summed E-state index contributed by atoms with van der Waals surface area (Å²) in [5, 5.41) is 11.0. The van der Waals surface area contributed by atoms with Crippen LogP contribution in [0.25, 0.3) is 0 Å². The van der Waals surface area contributed by atoms with Crippen LogP contribution in [0.4, 0.5) is 4.79 Å². The number of hydrogen-bond acceptors (Lipinski definition) is 2. The van der Waals surface area contributed by atoms with Crippen molar-refractivity contribution in [2.24, 2.45) is 0 Å². The second kappa shape index (κ2) is 4.87. The molecule has 0 spiro atoms. The normalized spacial score (nSPS) is 5.50. The largest absolute Gasteiger partial charge is 1.00 e. The molecule has 6 heavy (non-hydrogen) atoms. The molecule has 0 fully saturated rings. The number of nitrogens with one attached hydrogen (secondary N) is 1. The first kappa shape index (κ1) is 9.29. The van der Waals surface area contributed by atoms with Gasteiger partial charge in [-0.25, -0.2) is 0 Å². The Kier molecular flexibility index (Phi) is 7.54. The molecule has 0 aliphatic heterocycles. The standard InChI is InChI=1S/C2H5NO2.Li/c1-3-2(4)5;/h3H,1H3,(H,4,5);/q;+1/p-1. The van der Waals surface area contributed by atoms with E-state index in [1.54, 1.807) is 0 Å². The van der Waals surface area contributed by atoms with Gasteiger partial charge in [0, 0.05) is 7.05 Å². The molecule has 0 radical (unpaired) electrons. The summed E-state index contributed by atoms with van der Waals surface area (Å²) in [5.41, 5.74) is 0. The van der Waals surface area contributed by atoms with Crippen molar-refractivity contribution in [2.45, 2.75) is 0 Å². The summed E-state index contributed by atoms with van der Waals surface area (Å²) in [6, 6.07) is 0. The van der Waals surface area contributed by atoms with Crippen molar-refractivity contribution < 1.29 is 28.8 Å². The predicted molar refractivity (Wildman–Crippen MR) is 14.5 cm³/mol. The summed E-state index contributed by atoms with van der Waals surface area (Å²) < 4.78 is 0. The van der Waals surface area contributed by atoms with E-state index in [2.05, 4.69) is 0 Å². The maximum atomic E-state index is 9.15. The van der Waals surface area contributed by atoms with E-state index in [1.807, 2.05) is 5.32 Å². The number of amides is 1. The number of carbonyl (C=O) groups is 1. The fourth-order valence-corrected chi connectivity index (χ4v) is 0. The van der Waals surface area contributed by atoms with Gasteiger partial charge in [-0.15, -0.1) is 0 Å². The number of carbonyl (C=O) groups excluding carboxylic acids is 1. The van der Waals surface area contributed by atoms with Gasteiger partial charge in [0.1, 0.15) is 6.09 Å². The second-order valence-corrected chi connectivity index (χ2v) is 0.537. The van der Waals surface area contributed by atoms with Crippen molar-refractivity contribution in [3.05, 3.63) is 0 Å². The third-order valence-corrected chi connectivity index (χ3v) is 0.204. The third-order valence-electron chi connectivity index (χ3n) is 0.204. The van der Waals surface area contributed by atoms with Gasteiger partial charge in [-0.05, 0) is 0 Å². The fraction of sp³-hybridized carbons (Fsp3) is 0.500. The molecule has 0 aliphatic rings. The zero-order chi connectivity index (χ0) is 4.28. The first-order chi connectivity index (χ1) is 2.27. The van der Waals surface area contributed by atoms with Gasteiger partial charge in [0.05, 0.1) is 0 Å². The maximum Gasteiger partial charge on any atom is 1.00 e. The summed E-state index contributed by atoms with van der Waals surface area (Å²) in [6.07, 6.45) is -1.25. The Balaban J connectivity index is 0. The van der Waals surface area contributed by atoms with Gasteiger partial charge >= 0.3 is 18.9 Å². The predicted octanol–water partition coefficient (Wildman–Crippen LogP) is -4.45. The zero-order valence-electron chi connectivity index (χ0n) is 3.82. The first-order valence-corrected chi connectivity index (χ1v) is 1.16. The minimum Gasteiger partial charge on any atom is -0.530 e. The zero-order valence-corrected chi connectivity index (χ0v) is 3.82. The molecule has 3 nitrogen and oxygen atoms in total. The van der Waals surface area contributed by atoms with Gasteiger partial charge in [0.25, 0.3) is 0 Å². The summed E-state index contributed by atoms with van der Waals surface area (Å²) in [6.45, 7) is 0. The molecule has 30 valence electrons. The maximum absolute atomic E-state index is 9.15. The van der Waals surface area contributed by atoms with Crippen LogP contribution >= 0.6 is 0 Å². The number of hydrogen-bond donors (Lipinski definition) is 1. The molecule has 1 N–H and O–H groups in total. The van der Waals surface area contributed by atoms with Crippen LogP contribution in [0.3, 0.4) is 0 Å². The summed E-state index contributed by atoms with van der Waals surface area (Å²) in [5.74, 6) is 0. The van der Waals surface area contributed by atoms with Gasteiger partial charge in [0.15, 0.2) is 0 Å². The second-order valence-electron chi connectivity index (χ2n) is 0.537. The van der Waals surface area contributed by atoms with Crippen molar-refractivity contribution in [3.8, 4) is 0 Å². The molecule has 0 bridgehead atoms. The molecule has 0 aromatic rings. The average molecular weight is 81.0 g/mol. The topological polar surface area (TPSA) is 52.2 Å². The minimum absolute atomic E-state index is 0. The molecule has 0 rings (SSSR count). The van der Waals surface area contributed by atoms with Gasteiger partial charge in [-0.1, -0.05) is 0 Å². The smallest absolute Gasteiger partial charge is 0.530 e. The SMILES string of the molecule is CNC(=O)[O-].[Li+]. The molecule has 4 heteroatoms. The van der Waals surface area contributed by atoms with E-state index < -0.39 is 6.09 Å². The molecule has 0 atom stereocenters. The van der Waals surface area contributed by atoms with E-state index in [0.717, 1.165) is 0 Å². The van der Waals surface area contributed by atoms with Crippen molar-refractivity contribution in [2.75, 3.05) is 7.05 Å². The fourth-order valence-electron chi connectivity index (χ4n) is 0. The Bertz CT molecular complexity index is 46.8. The van der Waals surface area contributed by atoms with Crippen LogP contribution in [0.5, 0.6) is 0 Å². The quantitative estimate of drug-likeness (QED) is 0.299. The molecule has 0 heterocycles. The molecule has 0 saturated carbocycles. The molecule has 0 saturated heterocycles. The summed E-state index contributed by atoms with van der Waals surface area (Å²) in [4.78, 5) is 9.15. The van der Waals surface area contributed by atoms with E-state index in [9.17, 15) is 0 Å². The molecule has 1 amide bonds. The average Bonchev–Trinajstić information content (AvgIpc) is 1.38. The van der Waals surface area contributed by atoms with Crippen molar-refractivity contribution >= 4 is 6.09 Å². The van der Waals surface area contributed by atoms with Crippen LogP contribution in [-0.2, 0) is 0 Å². The Morgan fingerprint density at radius 2 is 2.00 bits per heavy atom. The molecule has 0 aromatic heterocycles. The summed E-state index contributed by atoms with van der Waals surface area (Å²) >= 11 is 0. The van der Waals surface area contributed by atoms with Crippen LogP contribution < -0.4 is 29.3 Å². The van der Waals surface area contributed by atoms with Crippen LogP contribution in [0.1, 0.15) is 0 Å². The van der Waals surface area contributed by atoms with Gasteiger partial charge < -0.3 is 15.2 Å². The molecule has 0 unspecified atom stereocenters. The van der Waals surface area contributed by atoms with E-state index in [4.69, 9.17) is 9.90 Å². The van der Waals surface area contributed by atoms with E-state index in [-0.39, 0.29) is 18.9 Å². The van der Waals surface area contributed by atoms with E-state index >= 15 is 0 Å². The Labute approximate surface area is 47.9 Å². The molecular weight excluding hydrogens is 77.0 g/mol. The van der Waals surface area contributed by atoms with Crippen molar-refractivity contribution in [1.29, 1.82) is 0 Å². The molecule has 0 aliphatic carbocycles. The Morgan fingerprint density at radius 1 is 1.83 bits per heavy atom. The monoisotopic (exact) mass is 81.0 g/mol. The summed E-state index contributed by atoms with van der Waals surface area (Å²) in [7, 11) is 1.29. The van der Waals surface area contributed by atoms with Crippen LogP contribution in [-0.4, -0.2) is 13.1 Å². The third kappa shape index (κ3) is 9.12. The Hall–Kier alpha value is -0.133. The van der Waals surface area contributed by atoms with Gasteiger partial charge in [-0.2, -0.15) is 0 Å². The Morgan fingerprint density at radius 3 is 2.00 bits per heavy atom. The van der Waals surface area contributed by atoms with Crippen molar-refractivity contribution in [3.63, 3.8) is 0 Å². The van der Waals surface area contributed by atoms with Crippen LogP contribution in [0.2, 0.25) is 0 Å². The number of carboxylic acid groups (broad SMARTS) is 1. The van der Waals surface area contributed by atoms with Gasteiger partial charge in [-0.3, -0.25) is 0 Å².